The minimum Gasteiger partial charge on any atom is -0.378 e. The summed E-state index contributed by atoms with van der Waals surface area (Å²) in [5.74, 6) is 0.275. The molecule has 0 bridgehead atoms. The first-order valence-electron chi connectivity index (χ1n) is 3.75. The van der Waals surface area contributed by atoms with Gasteiger partial charge in [-0.1, -0.05) is 27.7 Å². The van der Waals surface area contributed by atoms with Gasteiger partial charge in [0.1, 0.15) is 6.23 Å². The quantitative estimate of drug-likeness (QED) is 0.572. The smallest absolute Gasteiger partial charge is 0.107 e. The van der Waals surface area contributed by atoms with Crippen LogP contribution >= 0.6 is 0 Å². The lowest BCUT2D eigenvalue weighted by Crippen LogP contribution is -2.38. The Bertz CT molecular complexity index is 95.9. The molecular weight excluding hydrogens is 126 g/mol. The lowest BCUT2D eigenvalue weighted by Gasteiger charge is -2.30. The van der Waals surface area contributed by atoms with Gasteiger partial charge in [0.25, 0.3) is 0 Å². The molecule has 0 aliphatic heterocycles. The lowest BCUT2D eigenvalue weighted by molar-refractivity contribution is 0.0344. The minimum absolute atomic E-state index is 0.169. The first-order chi connectivity index (χ1) is 4.39. The normalized spacial score (nSPS) is 18.6. The summed E-state index contributed by atoms with van der Waals surface area (Å²) in [4.78, 5) is 0. The Morgan fingerprint density at radius 3 is 1.80 bits per heavy atom. The van der Waals surface area contributed by atoms with E-state index in [1.165, 1.54) is 0 Å². The van der Waals surface area contributed by atoms with Crippen LogP contribution in [0.15, 0.2) is 0 Å². The maximum absolute atomic E-state index is 9.35. The fourth-order valence-electron chi connectivity index (χ4n) is 0.724. The Morgan fingerprint density at radius 1 is 1.30 bits per heavy atom. The summed E-state index contributed by atoms with van der Waals surface area (Å²) in [7, 11) is 1.77. The molecule has 2 heteroatoms. The van der Waals surface area contributed by atoms with Gasteiger partial charge in [0, 0.05) is 5.92 Å². The van der Waals surface area contributed by atoms with E-state index in [2.05, 4.69) is 26.1 Å². The van der Waals surface area contributed by atoms with Crippen molar-refractivity contribution in [2.75, 3.05) is 7.05 Å². The molecule has 0 aromatic heterocycles. The Morgan fingerprint density at radius 2 is 1.70 bits per heavy atom. The van der Waals surface area contributed by atoms with E-state index in [1.54, 1.807) is 7.05 Å². The lowest BCUT2D eigenvalue weighted by atomic mass is 9.81. The molecule has 0 aromatic carbocycles. The molecule has 0 fully saturated rings. The largest absolute Gasteiger partial charge is 0.378 e. The number of aliphatic hydroxyl groups is 1. The zero-order valence-electron chi connectivity index (χ0n) is 7.60. The highest BCUT2D eigenvalue weighted by atomic mass is 16.3. The van der Waals surface area contributed by atoms with Gasteiger partial charge in [0.15, 0.2) is 0 Å². The molecular formula is C8H19NO. The van der Waals surface area contributed by atoms with E-state index in [0.717, 1.165) is 0 Å². The average molecular weight is 145 g/mol. The van der Waals surface area contributed by atoms with Crippen LogP contribution in [0.5, 0.6) is 0 Å². The molecule has 10 heavy (non-hydrogen) atoms. The van der Waals surface area contributed by atoms with Crippen molar-refractivity contribution in [3.8, 4) is 0 Å². The fraction of sp³-hybridized carbons (Fsp3) is 1.00. The second kappa shape index (κ2) is 3.35. The molecule has 2 nitrogen and oxygen atoms in total. The second-order valence-electron chi connectivity index (χ2n) is 3.89. The van der Waals surface area contributed by atoms with Crippen molar-refractivity contribution in [1.29, 1.82) is 0 Å². The van der Waals surface area contributed by atoms with Gasteiger partial charge >= 0.3 is 0 Å². The van der Waals surface area contributed by atoms with Gasteiger partial charge in [-0.05, 0) is 12.5 Å². The summed E-state index contributed by atoms with van der Waals surface area (Å²) in [6, 6.07) is 0. The highest BCUT2D eigenvalue weighted by Gasteiger charge is 2.25. The monoisotopic (exact) mass is 145 g/mol. The summed E-state index contributed by atoms with van der Waals surface area (Å²) in [5.41, 5.74) is 0.169. The van der Waals surface area contributed by atoms with Crippen molar-refractivity contribution in [3.63, 3.8) is 0 Å². The van der Waals surface area contributed by atoms with Gasteiger partial charge in [-0.3, -0.25) is 5.32 Å². The Balaban J connectivity index is 3.94. The van der Waals surface area contributed by atoms with Crippen LogP contribution in [-0.4, -0.2) is 18.4 Å². The molecule has 0 unspecified atom stereocenters. The predicted molar refractivity (Wildman–Crippen MR) is 43.7 cm³/mol. The third-order valence-electron chi connectivity index (χ3n) is 2.14. The fourth-order valence-corrected chi connectivity index (χ4v) is 0.724. The summed E-state index contributed by atoms with van der Waals surface area (Å²) < 4.78 is 0. The van der Waals surface area contributed by atoms with E-state index in [0.29, 0.717) is 0 Å². The summed E-state index contributed by atoms with van der Waals surface area (Å²) in [6.45, 7) is 8.41. The number of hydrogen-bond donors (Lipinski definition) is 2. The predicted octanol–water partition coefficient (Wildman–Crippen LogP) is 1.21. The van der Waals surface area contributed by atoms with Crippen LogP contribution in [0.3, 0.4) is 0 Å². The molecule has 0 rings (SSSR count). The van der Waals surface area contributed by atoms with Gasteiger partial charge in [0.05, 0.1) is 0 Å². The zero-order chi connectivity index (χ0) is 8.36. The summed E-state index contributed by atoms with van der Waals surface area (Å²) in [6.07, 6.45) is -0.389. The molecule has 0 amide bonds. The van der Waals surface area contributed by atoms with E-state index in [1.807, 2.05) is 6.92 Å². The van der Waals surface area contributed by atoms with Crippen molar-refractivity contribution < 1.29 is 5.11 Å². The molecule has 0 aliphatic rings. The molecule has 0 aliphatic carbocycles. The Labute approximate surface area is 63.6 Å². The number of rotatable bonds is 2. The zero-order valence-corrected chi connectivity index (χ0v) is 7.60. The van der Waals surface area contributed by atoms with E-state index >= 15 is 0 Å². The van der Waals surface area contributed by atoms with Crippen LogP contribution in [0.1, 0.15) is 27.7 Å². The average Bonchev–Trinajstić information content (AvgIpc) is 1.83. The van der Waals surface area contributed by atoms with Crippen molar-refractivity contribution in [1.82, 2.24) is 5.32 Å². The van der Waals surface area contributed by atoms with Gasteiger partial charge in [0.2, 0.25) is 0 Å². The summed E-state index contributed by atoms with van der Waals surface area (Å²) in [5, 5.41) is 12.2. The molecule has 0 heterocycles. The highest BCUT2D eigenvalue weighted by Crippen LogP contribution is 2.26. The van der Waals surface area contributed by atoms with Crippen LogP contribution in [0.2, 0.25) is 0 Å². The van der Waals surface area contributed by atoms with Crippen LogP contribution in [0.4, 0.5) is 0 Å². The highest BCUT2D eigenvalue weighted by molar-refractivity contribution is 4.73. The maximum atomic E-state index is 9.35. The number of aliphatic hydroxyl groups excluding tert-OH is 1. The van der Waals surface area contributed by atoms with Crippen molar-refractivity contribution in [2.45, 2.75) is 33.9 Å². The van der Waals surface area contributed by atoms with E-state index in [9.17, 15) is 5.11 Å². The third kappa shape index (κ3) is 2.67. The Kier molecular flexibility index (Phi) is 3.33. The molecule has 0 saturated carbocycles. The van der Waals surface area contributed by atoms with Crippen LogP contribution < -0.4 is 5.32 Å². The third-order valence-corrected chi connectivity index (χ3v) is 2.14. The summed E-state index contributed by atoms with van der Waals surface area (Å²) >= 11 is 0. The van der Waals surface area contributed by atoms with Gasteiger partial charge < -0.3 is 5.11 Å². The molecule has 62 valence electrons. The van der Waals surface area contributed by atoms with Crippen LogP contribution in [-0.2, 0) is 0 Å². The number of nitrogens with one attached hydrogen (secondary N) is 1. The van der Waals surface area contributed by atoms with E-state index in [4.69, 9.17) is 0 Å². The molecule has 0 saturated heterocycles. The van der Waals surface area contributed by atoms with Crippen molar-refractivity contribution in [3.05, 3.63) is 0 Å². The standard InChI is InChI=1S/C8H19NO/c1-6(7(10)9-5)8(2,3)4/h6-7,9-10H,1-5H3/t6-,7+/m0/s1. The van der Waals surface area contributed by atoms with E-state index < -0.39 is 0 Å². The van der Waals surface area contributed by atoms with Gasteiger partial charge in [-0.15, -0.1) is 0 Å². The van der Waals surface area contributed by atoms with Crippen molar-refractivity contribution in [2.24, 2.45) is 11.3 Å². The molecule has 2 atom stereocenters. The first kappa shape index (κ1) is 9.92. The van der Waals surface area contributed by atoms with Gasteiger partial charge in [-0.2, -0.15) is 0 Å². The molecule has 2 N–H and O–H groups in total. The second-order valence-corrected chi connectivity index (χ2v) is 3.89. The topological polar surface area (TPSA) is 32.3 Å². The Hall–Kier alpha value is -0.0800. The van der Waals surface area contributed by atoms with Crippen LogP contribution in [0.25, 0.3) is 0 Å². The molecule has 0 radical (unpaired) electrons. The van der Waals surface area contributed by atoms with E-state index in [-0.39, 0.29) is 17.6 Å². The molecule has 0 spiro atoms. The minimum atomic E-state index is -0.389. The maximum Gasteiger partial charge on any atom is 0.107 e. The number of hydrogen-bond acceptors (Lipinski definition) is 2. The van der Waals surface area contributed by atoms with Crippen LogP contribution in [0, 0.1) is 11.3 Å². The molecule has 0 aromatic rings. The first-order valence-corrected chi connectivity index (χ1v) is 3.75. The van der Waals surface area contributed by atoms with Crippen molar-refractivity contribution >= 4 is 0 Å². The SMILES string of the molecule is CN[C@H](O)[C@H](C)C(C)(C)C. The van der Waals surface area contributed by atoms with Gasteiger partial charge in [-0.25, -0.2) is 0 Å².